The van der Waals surface area contributed by atoms with E-state index >= 15 is 0 Å². The Morgan fingerprint density at radius 2 is 1.91 bits per heavy atom. The van der Waals surface area contributed by atoms with Crippen molar-refractivity contribution < 1.29 is 9.53 Å². The molecule has 0 N–H and O–H groups in total. The molecule has 164 valence electrons. The average molecular weight is 456 g/mol. The van der Waals surface area contributed by atoms with Crippen LogP contribution in [0.25, 0.3) is 15.9 Å². The number of amides is 1. The van der Waals surface area contributed by atoms with E-state index < -0.39 is 0 Å². The van der Waals surface area contributed by atoms with Crippen LogP contribution in [-0.4, -0.2) is 32.8 Å². The van der Waals surface area contributed by atoms with E-state index in [-0.39, 0.29) is 5.91 Å². The van der Waals surface area contributed by atoms with Gasteiger partial charge < -0.3 is 4.74 Å². The SMILES string of the molecule is COc1ccc2nc(N(Cc3ccccn3)C(=O)c3cnn(-c4ccccc4)c3C)sc2c1. The molecular weight excluding hydrogens is 434 g/mol. The van der Waals surface area contributed by atoms with Crippen LogP contribution in [0.1, 0.15) is 21.7 Å². The molecule has 33 heavy (non-hydrogen) atoms. The van der Waals surface area contributed by atoms with Crippen LogP contribution in [0.2, 0.25) is 0 Å². The number of rotatable bonds is 6. The molecule has 0 bridgehead atoms. The molecule has 0 aliphatic rings. The number of fused-ring (bicyclic) bond motifs is 1. The fourth-order valence-electron chi connectivity index (χ4n) is 3.61. The highest BCUT2D eigenvalue weighted by Crippen LogP contribution is 2.33. The molecule has 0 atom stereocenters. The Bertz CT molecular complexity index is 1410. The lowest BCUT2D eigenvalue weighted by atomic mass is 10.2. The van der Waals surface area contributed by atoms with Crippen LogP contribution < -0.4 is 9.64 Å². The number of thiazole rings is 1. The van der Waals surface area contributed by atoms with E-state index in [2.05, 4.69) is 10.1 Å². The summed E-state index contributed by atoms with van der Waals surface area (Å²) in [5.41, 5.74) is 3.77. The van der Waals surface area contributed by atoms with Gasteiger partial charge in [0.25, 0.3) is 5.91 Å². The molecule has 3 heterocycles. The molecule has 0 fully saturated rings. The molecule has 0 saturated carbocycles. The van der Waals surface area contributed by atoms with Gasteiger partial charge >= 0.3 is 0 Å². The molecule has 5 aromatic rings. The first kappa shape index (κ1) is 20.8. The number of para-hydroxylation sites is 1. The molecule has 0 aliphatic carbocycles. The van der Waals surface area contributed by atoms with Crippen molar-refractivity contribution >= 4 is 32.6 Å². The molecule has 7 nitrogen and oxygen atoms in total. The maximum absolute atomic E-state index is 13.8. The van der Waals surface area contributed by atoms with Gasteiger partial charge in [0.05, 0.1) is 52.7 Å². The number of carbonyl (C=O) groups is 1. The number of nitrogens with zero attached hydrogens (tertiary/aromatic N) is 5. The van der Waals surface area contributed by atoms with Crippen LogP contribution in [0.3, 0.4) is 0 Å². The first-order valence-corrected chi connectivity index (χ1v) is 11.2. The highest BCUT2D eigenvalue weighted by molar-refractivity contribution is 7.22. The molecule has 0 saturated heterocycles. The van der Waals surface area contributed by atoms with Crippen LogP contribution in [0.4, 0.5) is 5.13 Å². The standard InChI is InChI=1S/C25H21N5O2S/c1-17-21(15-27-30(17)19-9-4-3-5-10-19)24(31)29(16-18-8-6-7-13-26-18)25-28-22-12-11-20(32-2)14-23(22)33-25/h3-15H,16H2,1-2H3. The van der Waals surface area contributed by atoms with Crippen molar-refractivity contribution in [3.05, 3.63) is 96.1 Å². The normalized spacial score (nSPS) is 11.0. The summed E-state index contributed by atoms with van der Waals surface area (Å²) in [6.45, 7) is 2.20. The van der Waals surface area contributed by atoms with Crippen molar-refractivity contribution in [2.24, 2.45) is 0 Å². The first-order valence-electron chi connectivity index (χ1n) is 10.4. The molecule has 0 radical (unpaired) electrons. The van der Waals surface area contributed by atoms with Gasteiger partial charge in [0, 0.05) is 6.20 Å². The molecule has 2 aromatic carbocycles. The van der Waals surface area contributed by atoms with Crippen molar-refractivity contribution in [1.82, 2.24) is 19.7 Å². The van der Waals surface area contributed by atoms with Gasteiger partial charge in [-0.15, -0.1) is 0 Å². The van der Waals surface area contributed by atoms with E-state index in [1.165, 1.54) is 11.3 Å². The molecule has 1 amide bonds. The molecule has 5 rings (SSSR count). The van der Waals surface area contributed by atoms with Gasteiger partial charge in [-0.3, -0.25) is 14.7 Å². The second kappa shape index (κ2) is 8.84. The van der Waals surface area contributed by atoms with Crippen LogP contribution in [0.15, 0.2) is 79.1 Å². The monoisotopic (exact) mass is 455 g/mol. The second-order valence-electron chi connectivity index (χ2n) is 7.43. The zero-order chi connectivity index (χ0) is 22.8. The summed E-state index contributed by atoms with van der Waals surface area (Å²) >= 11 is 1.45. The summed E-state index contributed by atoms with van der Waals surface area (Å²) in [4.78, 5) is 24.6. The quantitative estimate of drug-likeness (QED) is 0.359. The first-order chi connectivity index (χ1) is 16.1. The molecule has 3 aromatic heterocycles. The summed E-state index contributed by atoms with van der Waals surface area (Å²) < 4.78 is 8.06. The van der Waals surface area contributed by atoms with E-state index in [4.69, 9.17) is 9.72 Å². The molecular formula is C25H21N5O2S. The van der Waals surface area contributed by atoms with Gasteiger partial charge in [0.1, 0.15) is 5.75 Å². The van der Waals surface area contributed by atoms with Gasteiger partial charge in [-0.05, 0) is 49.4 Å². The average Bonchev–Trinajstić information content (AvgIpc) is 3.46. The Hall–Kier alpha value is -4.04. The summed E-state index contributed by atoms with van der Waals surface area (Å²) in [6, 6.07) is 21.1. The number of carbonyl (C=O) groups excluding carboxylic acids is 1. The third kappa shape index (κ3) is 4.08. The molecule has 8 heteroatoms. The number of methoxy groups -OCH3 is 1. The summed E-state index contributed by atoms with van der Waals surface area (Å²) in [6.07, 6.45) is 3.34. The minimum absolute atomic E-state index is 0.175. The number of ether oxygens (including phenoxy) is 1. The Morgan fingerprint density at radius 3 is 2.67 bits per heavy atom. The van der Waals surface area contributed by atoms with Crippen molar-refractivity contribution in [1.29, 1.82) is 0 Å². The Morgan fingerprint density at radius 1 is 1.09 bits per heavy atom. The van der Waals surface area contributed by atoms with E-state index in [9.17, 15) is 4.79 Å². The van der Waals surface area contributed by atoms with Gasteiger partial charge in [-0.1, -0.05) is 35.6 Å². The van der Waals surface area contributed by atoms with Gasteiger partial charge in [0.2, 0.25) is 0 Å². The predicted octanol–water partition coefficient (Wildman–Crippen LogP) is 5.04. The van der Waals surface area contributed by atoms with Crippen LogP contribution in [0, 0.1) is 6.92 Å². The number of pyridine rings is 1. The predicted molar refractivity (Wildman–Crippen MR) is 129 cm³/mol. The number of hydrogen-bond donors (Lipinski definition) is 0. The number of anilines is 1. The third-order valence-electron chi connectivity index (χ3n) is 5.35. The Labute approximate surface area is 194 Å². The Kier molecular flexibility index (Phi) is 5.58. The van der Waals surface area contributed by atoms with Crippen molar-refractivity contribution in [3.8, 4) is 11.4 Å². The zero-order valence-electron chi connectivity index (χ0n) is 18.2. The van der Waals surface area contributed by atoms with Gasteiger partial charge in [-0.25, -0.2) is 9.67 Å². The smallest absolute Gasteiger partial charge is 0.263 e. The minimum atomic E-state index is -0.175. The fourth-order valence-corrected chi connectivity index (χ4v) is 4.60. The summed E-state index contributed by atoms with van der Waals surface area (Å²) in [5, 5.41) is 5.07. The molecule has 0 unspecified atom stereocenters. The van der Waals surface area contributed by atoms with Crippen LogP contribution >= 0.6 is 11.3 Å². The highest BCUT2D eigenvalue weighted by Gasteiger charge is 2.26. The number of hydrogen-bond acceptors (Lipinski definition) is 6. The van der Waals surface area contributed by atoms with E-state index in [0.717, 1.165) is 33.0 Å². The Balaban J connectivity index is 1.56. The van der Waals surface area contributed by atoms with Gasteiger partial charge in [-0.2, -0.15) is 5.10 Å². The molecule has 0 aliphatic heterocycles. The van der Waals surface area contributed by atoms with Crippen molar-refractivity contribution in [3.63, 3.8) is 0 Å². The highest BCUT2D eigenvalue weighted by atomic mass is 32.1. The second-order valence-corrected chi connectivity index (χ2v) is 8.44. The van der Waals surface area contributed by atoms with Crippen molar-refractivity contribution in [2.45, 2.75) is 13.5 Å². The number of benzene rings is 2. The summed E-state index contributed by atoms with van der Waals surface area (Å²) in [5.74, 6) is 0.576. The fraction of sp³-hybridized carbons (Fsp3) is 0.120. The van der Waals surface area contributed by atoms with E-state index in [1.807, 2.05) is 73.7 Å². The van der Waals surface area contributed by atoms with E-state index in [0.29, 0.717) is 17.2 Å². The maximum atomic E-state index is 13.8. The number of aromatic nitrogens is 4. The minimum Gasteiger partial charge on any atom is -0.497 e. The van der Waals surface area contributed by atoms with Crippen molar-refractivity contribution in [2.75, 3.05) is 12.0 Å². The third-order valence-corrected chi connectivity index (χ3v) is 6.39. The zero-order valence-corrected chi connectivity index (χ0v) is 19.0. The largest absolute Gasteiger partial charge is 0.497 e. The topological polar surface area (TPSA) is 73.1 Å². The lowest BCUT2D eigenvalue weighted by Gasteiger charge is -2.19. The molecule has 0 spiro atoms. The van der Waals surface area contributed by atoms with E-state index in [1.54, 1.807) is 29.1 Å². The van der Waals surface area contributed by atoms with Gasteiger partial charge in [0.15, 0.2) is 5.13 Å². The van der Waals surface area contributed by atoms with Crippen LogP contribution in [0.5, 0.6) is 5.75 Å². The maximum Gasteiger partial charge on any atom is 0.263 e. The lowest BCUT2D eigenvalue weighted by molar-refractivity contribution is 0.0984. The summed E-state index contributed by atoms with van der Waals surface area (Å²) in [7, 11) is 1.63. The van der Waals surface area contributed by atoms with Crippen LogP contribution in [-0.2, 0) is 6.54 Å². The lowest BCUT2D eigenvalue weighted by Crippen LogP contribution is -2.31.